The van der Waals surface area contributed by atoms with E-state index in [0.717, 1.165) is 0 Å². The van der Waals surface area contributed by atoms with E-state index < -0.39 is 66.3 Å². The second-order valence-corrected chi connectivity index (χ2v) is 6.64. The summed E-state index contributed by atoms with van der Waals surface area (Å²) in [6, 6.07) is 0. The molecule has 0 aromatic heterocycles. The summed E-state index contributed by atoms with van der Waals surface area (Å²) >= 11 is 0. The lowest BCUT2D eigenvalue weighted by Crippen LogP contribution is -2.73. The third-order valence-corrected chi connectivity index (χ3v) is 4.61. The van der Waals surface area contributed by atoms with Gasteiger partial charge in [0.2, 0.25) is 5.78 Å². The lowest BCUT2D eigenvalue weighted by molar-refractivity contribution is -0.449. The van der Waals surface area contributed by atoms with Crippen LogP contribution in [0.3, 0.4) is 0 Å². The Labute approximate surface area is 157 Å². The van der Waals surface area contributed by atoms with Crippen molar-refractivity contribution >= 4 is 5.78 Å². The van der Waals surface area contributed by atoms with Crippen LogP contribution >= 0.6 is 0 Å². The summed E-state index contributed by atoms with van der Waals surface area (Å²) < 4.78 is 196. The second-order valence-electron chi connectivity index (χ2n) is 6.64. The van der Waals surface area contributed by atoms with Crippen molar-refractivity contribution in [1.29, 1.82) is 0 Å². The van der Waals surface area contributed by atoms with Crippen molar-refractivity contribution in [3.63, 3.8) is 0 Å². The number of ketones is 1. The molecule has 0 heterocycles. The number of carbonyl (C=O) groups is 1. The van der Waals surface area contributed by atoms with Gasteiger partial charge in [-0.2, -0.15) is 65.9 Å². The number of halogens is 15. The van der Waals surface area contributed by atoms with E-state index in [4.69, 9.17) is 0 Å². The molecule has 178 valence electrons. The Bertz CT molecular complexity index is 642. The van der Waals surface area contributed by atoms with Gasteiger partial charge in [0.15, 0.2) is 0 Å². The molecule has 0 spiro atoms. The van der Waals surface area contributed by atoms with Crippen LogP contribution in [0.25, 0.3) is 0 Å². The second kappa shape index (κ2) is 7.35. The Morgan fingerprint density at radius 1 is 0.500 bits per heavy atom. The van der Waals surface area contributed by atoms with Crippen LogP contribution in [0.2, 0.25) is 0 Å². The van der Waals surface area contributed by atoms with Gasteiger partial charge < -0.3 is 0 Å². The third kappa shape index (κ3) is 3.50. The van der Waals surface area contributed by atoms with Crippen molar-refractivity contribution in [3.8, 4) is 0 Å². The topological polar surface area (TPSA) is 17.1 Å². The molecule has 1 rings (SSSR count). The Balaban J connectivity index is 3.49. The first-order valence-corrected chi connectivity index (χ1v) is 7.89. The number of Topliss-reactive ketones (excluding diaryl/α,β-unsaturated/α-hetero) is 1. The van der Waals surface area contributed by atoms with Crippen LogP contribution in [0, 0.1) is 5.92 Å². The molecule has 16 heteroatoms. The molecular formula is C14H11F15O. The van der Waals surface area contributed by atoms with E-state index in [1.54, 1.807) is 0 Å². The molecule has 1 saturated carbocycles. The molecule has 0 aliphatic heterocycles. The van der Waals surface area contributed by atoms with Crippen LogP contribution in [-0.4, -0.2) is 47.5 Å². The molecule has 1 aliphatic carbocycles. The fraction of sp³-hybridized carbons (Fsp3) is 0.929. The summed E-state index contributed by atoms with van der Waals surface area (Å²) in [5.41, 5.74) is 0. The first-order valence-electron chi connectivity index (χ1n) is 7.89. The first-order chi connectivity index (χ1) is 13.0. The Kier molecular flexibility index (Phi) is 6.53. The fourth-order valence-corrected chi connectivity index (χ4v) is 2.74. The monoisotopic (exact) mass is 480 g/mol. The van der Waals surface area contributed by atoms with Gasteiger partial charge in [-0.15, -0.1) is 0 Å². The van der Waals surface area contributed by atoms with Crippen molar-refractivity contribution in [3.05, 3.63) is 0 Å². The molecule has 0 atom stereocenters. The van der Waals surface area contributed by atoms with Crippen LogP contribution in [0.5, 0.6) is 0 Å². The molecule has 0 amide bonds. The SMILES string of the molecule is O=C(C1CCCCC1)C(F)(F)C(F)(F)C(F)(F)C(F)(F)C(F)(F)C(F)(F)C(F)(F)F. The summed E-state index contributed by atoms with van der Waals surface area (Å²) in [4.78, 5) is 11.5. The third-order valence-electron chi connectivity index (χ3n) is 4.61. The molecule has 0 aromatic rings. The lowest BCUT2D eigenvalue weighted by atomic mass is 9.81. The lowest BCUT2D eigenvalue weighted by Gasteiger charge is -2.41. The summed E-state index contributed by atoms with van der Waals surface area (Å²) in [6.07, 6.45) is -8.57. The molecule has 0 radical (unpaired) electrons. The molecule has 0 aromatic carbocycles. The van der Waals surface area contributed by atoms with Gasteiger partial charge in [0, 0.05) is 5.92 Å². The molecule has 0 N–H and O–H groups in total. The van der Waals surface area contributed by atoms with E-state index >= 15 is 0 Å². The number of hydrogen-bond donors (Lipinski definition) is 0. The highest BCUT2D eigenvalue weighted by atomic mass is 19.4. The van der Waals surface area contributed by atoms with E-state index in [2.05, 4.69) is 0 Å². The Hall–Kier alpha value is -1.38. The maximum Gasteiger partial charge on any atom is 0.460 e. The average Bonchev–Trinajstić information content (AvgIpc) is 2.59. The average molecular weight is 480 g/mol. The van der Waals surface area contributed by atoms with Gasteiger partial charge in [0.05, 0.1) is 0 Å². The number of hydrogen-bond acceptors (Lipinski definition) is 1. The van der Waals surface area contributed by atoms with Crippen molar-refractivity contribution in [2.24, 2.45) is 5.92 Å². The van der Waals surface area contributed by atoms with E-state index in [1.807, 2.05) is 0 Å². The quantitative estimate of drug-likeness (QED) is 0.380. The minimum atomic E-state index is -8.36. The standard InChI is InChI=1S/C14H11F15O/c15-8(16,7(30)6-4-2-1-3-5-6)9(17,18)10(19,20)11(21,22)12(23,24)13(25,26)14(27,28)29/h6H,1-5H2. The van der Waals surface area contributed by atoms with Gasteiger partial charge in [-0.1, -0.05) is 19.3 Å². The van der Waals surface area contributed by atoms with Crippen molar-refractivity contribution < 1.29 is 70.7 Å². The zero-order chi connectivity index (χ0) is 24.2. The number of carbonyl (C=O) groups excluding carboxylic acids is 1. The van der Waals surface area contributed by atoms with Crippen LogP contribution in [0.4, 0.5) is 65.9 Å². The van der Waals surface area contributed by atoms with Gasteiger partial charge in [-0.3, -0.25) is 4.79 Å². The molecular weight excluding hydrogens is 469 g/mol. The van der Waals surface area contributed by atoms with Crippen LogP contribution in [0.1, 0.15) is 32.1 Å². The maximum absolute atomic E-state index is 13.8. The smallest absolute Gasteiger partial charge is 0.292 e. The van der Waals surface area contributed by atoms with Crippen molar-refractivity contribution in [2.75, 3.05) is 0 Å². The van der Waals surface area contributed by atoms with E-state index in [0.29, 0.717) is 6.42 Å². The molecule has 1 aliphatic rings. The molecule has 30 heavy (non-hydrogen) atoms. The highest BCUT2D eigenvalue weighted by Gasteiger charge is 2.94. The first kappa shape index (κ1) is 26.7. The molecule has 1 nitrogen and oxygen atoms in total. The molecule has 1 fully saturated rings. The number of rotatable bonds is 7. The fourth-order valence-electron chi connectivity index (χ4n) is 2.74. The largest absolute Gasteiger partial charge is 0.460 e. The predicted octanol–water partition coefficient (Wildman–Crippen LogP) is 6.51. The summed E-state index contributed by atoms with van der Waals surface area (Å²) in [6.45, 7) is 0. The van der Waals surface area contributed by atoms with Gasteiger partial charge in [0.25, 0.3) is 0 Å². The Morgan fingerprint density at radius 2 is 0.833 bits per heavy atom. The number of alkyl halides is 15. The highest BCUT2D eigenvalue weighted by Crippen LogP contribution is 2.62. The zero-order valence-corrected chi connectivity index (χ0v) is 14.2. The minimum absolute atomic E-state index is 0.0412. The molecule has 0 bridgehead atoms. The van der Waals surface area contributed by atoms with Crippen LogP contribution in [-0.2, 0) is 4.79 Å². The van der Waals surface area contributed by atoms with Crippen molar-refractivity contribution in [2.45, 2.75) is 73.8 Å². The Morgan fingerprint density at radius 3 is 1.20 bits per heavy atom. The normalized spacial score (nSPS) is 19.2. The van der Waals surface area contributed by atoms with Gasteiger partial charge in [-0.25, -0.2) is 0 Å². The minimum Gasteiger partial charge on any atom is -0.292 e. The van der Waals surface area contributed by atoms with E-state index in [9.17, 15) is 70.7 Å². The summed E-state index contributed by atoms with van der Waals surface area (Å²) in [5.74, 6) is -52.5. The summed E-state index contributed by atoms with van der Waals surface area (Å²) in [5, 5.41) is 0. The van der Waals surface area contributed by atoms with Gasteiger partial charge >= 0.3 is 41.7 Å². The maximum atomic E-state index is 13.8. The van der Waals surface area contributed by atoms with Crippen LogP contribution in [0.15, 0.2) is 0 Å². The van der Waals surface area contributed by atoms with Gasteiger partial charge in [0.1, 0.15) is 0 Å². The zero-order valence-electron chi connectivity index (χ0n) is 14.2. The van der Waals surface area contributed by atoms with Crippen LogP contribution < -0.4 is 0 Å². The van der Waals surface area contributed by atoms with Crippen molar-refractivity contribution in [1.82, 2.24) is 0 Å². The highest BCUT2D eigenvalue weighted by molar-refractivity contribution is 5.89. The predicted molar refractivity (Wildman–Crippen MR) is 67.3 cm³/mol. The van der Waals surface area contributed by atoms with Gasteiger partial charge in [-0.05, 0) is 12.8 Å². The van der Waals surface area contributed by atoms with E-state index in [1.165, 1.54) is 0 Å². The molecule has 0 unspecified atom stereocenters. The summed E-state index contributed by atoms with van der Waals surface area (Å²) in [7, 11) is 0. The molecule has 0 saturated heterocycles. The van der Waals surface area contributed by atoms with E-state index in [-0.39, 0.29) is 12.8 Å².